The van der Waals surface area contributed by atoms with E-state index in [-0.39, 0.29) is 11.3 Å². The second-order valence-electron chi connectivity index (χ2n) is 6.53. The molecule has 0 atom stereocenters. The fourth-order valence-corrected chi connectivity index (χ4v) is 3.79. The van der Waals surface area contributed by atoms with E-state index in [0.717, 1.165) is 31.9 Å². The summed E-state index contributed by atoms with van der Waals surface area (Å²) in [5.74, 6) is -0.0266. The Balaban J connectivity index is 1.72. The first-order chi connectivity index (χ1) is 11.7. The zero-order valence-electron chi connectivity index (χ0n) is 14.3. The minimum atomic E-state index is -3.28. The summed E-state index contributed by atoms with van der Waals surface area (Å²) in [4.78, 5) is 12.3. The van der Waals surface area contributed by atoms with E-state index in [2.05, 4.69) is 0 Å². The molecule has 1 N–H and O–H groups in total. The summed E-state index contributed by atoms with van der Waals surface area (Å²) < 4.78 is 41.9. The summed E-state index contributed by atoms with van der Waals surface area (Å²) in [6.07, 6.45) is 3.69. The molecule has 8 heteroatoms. The fraction of sp³-hybridized carbons (Fsp3) is 0.588. The van der Waals surface area contributed by atoms with Crippen LogP contribution < -0.4 is 4.74 Å². The summed E-state index contributed by atoms with van der Waals surface area (Å²) in [7, 11) is -3.28. The first-order valence-corrected chi connectivity index (χ1v) is 10.4. The predicted molar refractivity (Wildman–Crippen MR) is 92.0 cm³/mol. The summed E-state index contributed by atoms with van der Waals surface area (Å²) >= 11 is 0. The smallest absolute Gasteiger partial charge is 0.407 e. The molecule has 2 rings (SSSR count). The van der Waals surface area contributed by atoms with Gasteiger partial charge in [0.2, 0.25) is 0 Å². The van der Waals surface area contributed by atoms with Crippen LogP contribution in [-0.2, 0) is 15.6 Å². The zero-order valence-corrected chi connectivity index (χ0v) is 15.1. The van der Waals surface area contributed by atoms with Crippen LogP contribution in [-0.4, -0.2) is 50.5 Å². The third kappa shape index (κ3) is 6.53. The second-order valence-corrected chi connectivity index (χ2v) is 8.67. The molecule has 1 aliphatic heterocycles. The lowest BCUT2D eigenvalue weighted by molar-refractivity contribution is 0.121. The van der Waals surface area contributed by atoms with Crippen LogP contribution in [0.4, 0.5) is 9.18 Å². The molecular weight excluding hydrogens is 349 g/mol. The molecule has 1 aromatic carbocycles. The number of carbonyl (C=O) groups is 1. The minimum absolute atomic E-state index is 0.139. The van der Waals surface area contributed by atoms with Gasteiger partial charge < -0.3 is 14.7 Å². The third-order valence-electron chi connectivity index (χ3n) is 4.35. The second kappa shape index (κ2) is 8.51. The van der Waals surface area contributed by atoms with Gasteiger partial charge in [-0.1, -0.05) is 6.07 Å². The Morgan fingerprint density at radius 1 is 1.36 bits per heavy atom. The van der Waals surface area contributed by atoms with Crippen molar-refractivity contribution in [2.24, 2.45) is 5.92 Å². The van der Waals surface area contributed by atoms with Crippen LogP contribution in [0.15, 0.2) is 18.2 Å². The molecule has 0 bridgehead atoms. The zero-order chi connectivity index (χ0) is 18.4. The highest BCUT2D eigenvalue weighted by atomic mass is 32.2. The van der Waals surface area contributed by atoms with Crippen molar-refractivity contribution in [3.05, 3.63) is 29.6 Å². The standard InChI is InChI=1S/C17H24FNO5S/c1-25(22,23)12-14-4-5-15(11-16(14)18)24-10-2-3-13-6-8-19(9-7-13)17(20)21/h4-5,11,13H,2-3,6-10,12H2,1H3,(H,20,21). The van der Waals surface area contributed by atoms with Crippen LogP contribution in [0.1, 0.15) is 31.2 Å². The highest BCUT2D eigenvalue weighted by Crippen LogP contribution is 2.23. The molecule has 0 aliphatic carbocycles. The molecule has 0 radical (unpaired) electrons. The van der Waals surface area contributed by atoms with E-state index in [9.17, 15) is 17.6 Å². The number of halogens is 1. The number of sulfone groups is 1. The van der Waals surface area contributed by atoms with Gasteiger partial charge >= 0.3 is 6.09 Å². The molecule has 140 valence electrons. The third-order valence-corrected chi connectivity index (χ3v) is 5.19. The van der Waals surface area contributed by atoms with Gasteiger partial charge in [-0.25, -0.2) is 17.6 Å². The average Bonchev–Trinajstić information content (AvgIpc) is 2.53. The molecule has 0 saturated carbocycles. The highest BCUT2D eigenvalue weighted by Gasteiger charge is 2.21. The monoisotopic (exact) mass is 373 g/mol. The molecule has 0 unspecified atom stereocenters. The van der Waals surface area contributed by atoms with Gasteiger partial charge in [0.25, 0.3) is 0 Å². The largest absolute Gasteiger partial charge is 0.493 e. The fourth-order valence-electron chi connectivity index (χ4n) is 2.99. The Morgan fingerprint density at radius 3 is 2.60 bits per heavy atom. The molecule has 1 fully saturated rings. The summed E-state index contributed by atoms with van der Waals surface area (Å²) in [5, 5.41) is 8.91. The van der Waals surface area contributed by atoms with Crippen molar-refractivity contribution >= 4 is 15.9 Å². The number of hydrogen-bond donors (Lipinski definition) is 1. The summed E-state index contributed by atoms with van der Waals surface area (Å²) in [5.41, 5.74) is 0.139. The van der Waals surface area contributed by atoms with Crippen LogP contribution in [0, 0.1) is 11.7 Å². The number of amides is 1. The Bertz CT molecular complexity index is 699. The van der Waals surface area contributed by atoms with Crippen LogP contribution in [0.25, 0.3) is 0 Å². The van der Waals surface area contributed by atoms with Gasteiger partial charge in [-0.3, -0.25) is 0 Å². The van der Waals surface area contributed by atoms with Crippen molar-refractivity contribution in [3.63, 3.8) is 0 Å². The van der Waals surface area contributed by atoms with Gasteiger partial charge in [0, 0.05) is 31.0 Å². The van der Waals surface area contributed by atoms with E-state index < -0.39 is 21.7 Å². The van der Waals surface area contributed by atoms with Gasteiger partial charge in [0.05, 0.1) is 12.4 Å². The maximum Gasteiger partial charge on any atom is 0.407 e. The quantitative estimate of drug-likeness (QED) is 0.743. The molecule has 1 amide bonds. The first kappa shape index (κ1) is 19.5. The lowest BCUT2D eigenvalue weighted by Crippen LogP contribution is -2.37. The molecule has 0 aromatic heterocycles. The van der Waals surface area contributed by atoms with Crippen LogP contribution >= 0.6 is 0 Å². The van der Waals surface area contributed by atoms with Crippen molar-refractivity contribution in [3.8, 4) is 5.75 Å². The Kier molecular flexibility index (Phi) is 6.64. The molecular formula is C17H24FNO5S. The summed E-state index contributed by atoms with van der Waals surface area (Å²) in [6, 6.07) is 4.23. The SMILES string of the molecule is CS(=O)(=O)Cc1ccc(OCCCC2CCN(C(=O)O)CC2)cc1F. The maximum absolute atomic E-state index is 13.9. The van der Waals surface area contributed by atoms with Crippen LogP contribution in [0.5, 0.6) is 5.75 Å². The Hall–Kier alpha value is -1.83. The molecule has 1 aliphatic rings. The van der Waals surface area contributed by atoms with Crippen molar-refractivity contribution in [1.82, 2.24) is 4.90 Å². The normalized spacial score (nSPS) is 16.0. The highest BCUT2D eigenvalue weighted by molar-refractivity contribution is 7.89. The number of nitrogens with zero attached hydrogens (tertiary/aromatic N) is 1. The van der Waals surface area contributed by atoms with Crippen molar-refractivity contribution in [1.29, 1.82) is 0 Å². The molecule has 1 heterocycles. The minimum Gasteiger partial charge on any atom is -0.493 e. The number of benzene rings is 1. The summed E-state index contributed by atoms with van der Waals surface area (Å²) in [6.45, 7) is 1.60. The van der Waals surface area contributed by atoms with E-state index in [1.807, 2.05) is 0 Å². The average molecular weight is 373 g/mol. The molecule has 1 saturated heterocycles. The van der Waals surface area contributed by atoms with E-state index >= 15 is 0 Å². The topological polar surface area (TPSA) is 83.9 Å². The van der Waals surface area contributed by atoms with Gasteiger partial charge in [-0.2, -0.15) is 0 Å². The van der Waals surface area contributed by atoms with Gasteiger partial charge in [-0.05, 0) is 37.7 Å². The lowest BCUT2D eigenvalue weighted by Gasteiger charge is -2.29. The number of rotatable bonds is 7. The van der Waals surface area contributed by atoms with E-state index in [1.165, 1.54) is 17.0 Å². The van der Waals surface area contributed by atoms with Crippen LogP contribution in [0.3, 0.4) is 0 Å². The predicted octanol–water partition coefficient (Wildman–Crippen LogP) is 2.92. The number of ether oxygens (including phenoxy) is 1. The first-order valence-electron chi connectivity index (χ1n) is 8.31. The molecule has 6 nitrogen and oxygen atoms in total. The lowest BCUT2D eigenvalue weighted by atomic mass is 9.92. The Labute approximate surface area is 147 Å². The van der Waals surface area contributed by atoms with Gasteiger partial charge in [0.1, 0.15) is 11.6 Å². The maximum atomic E-state index is 13.9. The van der Waals surface area contributed by atoms with Crippen LogP contribution in [0.2, 0.25) is 0 Å². The van der Waals surface area contributed by atoms with Crippen molar-refractivity contribution in [2.45, 2.75) is 31.4 Å². The number of piperidine rings is 1. The van der Waals surface area contributed by atoms with Gasteiger partial charge in [0.15, 0.2) is 9.84 Å². The Morgan fingerprint density at radius 2 is 2.04 bits per heavy atom. The number of hydrogen-bond acceptors (Lipinski definition) is 4. The van der Waals surface area contributed by atoms with E-state index in [4.69, 9.17) is 9.84 Å². The van der Waals surface area contributed by atoms with E-state index in [0.29, 0.717) is 31.4 Å². The molecule has 25 heavy (non-hydrogen) atoms. The molecule has 0 spiro atoms. The number of carboxylic acid groups (broad SMARTS) is 1. The number of likely N-dealkylation sites (tertiary alicyclic amines) is 1. The van der Waals surface area contributed by atoms with E-state index in [1.54, 1.807) is 6.07 Å². The van der Waals surface area contributed by atoms with Crippen molar-refractivity contribution in [2.75, 3.05) is 26.0 Å². The molecule has 1 aromatic rings. The van der Waals surface area contributed by atoms with Crippen molar-refractivity contribution < 1.29 is 27.4 Å². The van der Waals surface area contributed by atoms with Gasteiger partial charge in [-0.15, -0.1) is 0 Å².